The molecule has 5 nitrogen and oxygen atoms in total. The van der Waals surface area contributed by atoms with Crippen LogP contribution in [0, 0.1) is 6.92 Å². The minimum absolute atomic E-state index is 0.106. The standard InChI is InChI=1S/C21H18N2O3S/c1-15-3-5-16(6-4-15)21(25)23(2)18-8-10-19(11-9-18)26-20(24)12-7-17-13-27-14-22-17/h3-14H,1-2H3/b12-7+. The van der Waals surface area contributed by atoms with Crippen molar-refractivity contribution in [2.75, 3.05) is 11.9 Å². The first-order valence-corrected chi connectivity index (χ1v) is 9.20. The number of hydrogen-bond acceptors (Lipinski definition) is 5. The summed E-state index contributed by atoms with van der Waals surface area (Å²) in [5.41, 5.74) is 4.83. The van der Waals surface area contributed by atoms with E-state index in [1.165, 1.54) is 17.4 Å². The smallest absolute Gasteiger partial charge is 0.336 e. The first-order valence-electron chi connectivity index (χ1n) is 8.26. The second-order valence-electron chi connectivity index (χ2n) is 5.89. The Balaban J connectivity index is 1.63. The van der Waals surface area contributed by atoms with Crippen LogP contribution in [0.5, 0.6) is 5.75 Å². The SMILES string of the molecule is Cc1ccc(C(=O)N(C)c2ccc(OC(=O)/C=C/c3cscn3)cc2)cc1. The lowest BCUT2D eigenvalue weighted by atomic mass is 10.1. The minimum Gasteiger partial charge on any atom is -0.423 e. The molecule has 0 bridgehead atoms. The molecule has 0 aliphatic heterocycles. The Labute approximate surface area is 161 Å². The molecule has 0 unspecified atom stereocenters. The van der Waals surface area contributed by atoms with Gasteiger partial charge in [0, 0.05) is 29.8 Å². The molecule has 6 heteroatoms. The zero-order chi connectivity index (χ0) is 19.2. The molecule has 1 amide bonds. The van der Waals surface area contributed by atoms with E-state index >= 15 is 0 Å². The first kappa shape index (κ1) is 18.5. The fourth-order valence-corrected chi connectivity index (χ4v) is 2.87. The molecule has 27 heavy (non-hydrogen) atoms. The molecule has 0 saturated heterocycles. The number of ether oxygens (including phenoxy) is 1. The number of carbonyl (C=O) groups excluding carboxylic acids is 2. The maximum absolute atomic E-state index is 12.5. The summed E-state index contributed by atoms with van der Waals surface area (Å²) < 4.78 is 5.25. The van der Waals surface area contributed by atoms with Crippen LogP contribution in [-0.4, -0.2) is 23.9 Å². The summed E-state index contributed by atoms with van der Waals surface area (Å²) in [5, 5.41) is 1.83. The van der Waals surface area contributed by atoms with Gasteiger partial charge in [-0.1, -0.05) is 17.7 Å². The number of anilines is 1. The highest BCUT2D eigenvalue weighted by atomic mass is 32.1. The summed E-state index contributed by atoms with van der Waals surface area (Å²) in [4.78, 5) is 30.0. The van der Waals surface area contributed by atoms with Gasteiger partial charge in [-0.25, -0.2) is 9.78 Å². The number of hydrogen-bond donors (Lipinski definition) is 0. The van der Waals surface area contributed by atoms with Crippen LogP contribution >= 0.6 is 11.3 Å². The van der Waals surface area contributed by atoms with Gasteiger partial charge in [0.1, 0.15) is 5.75 Å². The number of benzene rings is 2. The number of esters is 1. The van der Waals surface area contributed by atoms with Gasteiger partial charge in [0.15, 0.2) is 0 Å². The van der Waals surface area contributed by atoms with Gasteiger partial charge in [-0.15, -0.1) is 11.3 Å². The summed E-state index contributed by atoms with van der Waals surface area (Å²) >= 11 is 1.45. The summed E-state index contributed by atoms with van der Waals surface area (Å²) in [6.45, 7) is 1.98. The van der Waals surface area contributed by atoms with E-state index in [4.69, 9.17) is 4.74 Å². The van der Waals surface area contributed by atoms with Crippen molar-refractivity contribution in [1.29, 1.82) is 0 Å². The molecule has 3 aromatic rings. The van der Waals surface area contributed by atoms with E-state index in [1.54, 1.807) is 59.9 Å². The van der Waals surface area contributed by atoms with Gasteiger partial charge in [-0.2, -0.15) is 0 Å². The molecule has 0 saturated carbocycles. The molecule has 0 aliphatic rings. The fourth-order valence-electron chi connectivity index (χ4n) is 2.35. The molecule has 1 heterocycles. The molecule has 3 rings (SSSR count). The zero-order valence-electron chi connectivity index (χ0n) is 15.0. The molecule has 0 fully saturated rings. The van der Waals surface area contributed by atoms with E-state index in [9.17, 15) is 9.59 Å². The van der Waals surface area contributed by atoms with Crippen molar-refractivity contribution >= 4 is 35.0 Å². The number of rotatable bonds is 5. The van der Waals surface area contributed by atoms with Crippen LogP contribution in [0.3, 0.4) is 0 Å². The number of carbonyl (C=O) groups is 2. The molecule has 0 N–H and O–H groups in total. The van der Waals surface area contributed by atoms with E-state index in [0.717, 1.165) is 5.56 Å². The Morgan fingerprint density at radius 1 is 1.07 bits per heavy atom. The molecular weight excluding hydrogens is 360 g/mol. The topological polar surface area (TPSA) is 59.5 Å². The summed E-state index contributed by atoms with van der Waals surface area (Å²) in [7, 11) is 1.71. The third kappa shape index (κ3) is 4.89. The third-order valence-corrected chi connectivity index (χ3v) is 4.49. The number of thiazole rings is 1. The Kier molecular flexibility index (Phi) is 5.78. The molecule has 0 radical (unpaired) electrons. The van der Waals surface area contributed by atoms with Crippen molar-refractivity contribution < 1.29 is 14.3 Å². The Bertz CT molecular complexity index is 946. The Morgan fingerprint density at radius 3 is 2.41 bits per heavy atom. The van der Waals surface area contributed by atoms with Crippen LogP contribution in [0.15, 0.2) is 65.5 Å². The lowest BCUT2D eigenvalue weighted by Gasteiger charge is -2.17. The van der Waals surface area contributed by atoms with Crippen molar-refractivity contribution in [1.82, 2.24) is 4.98 Å². The normalized spacial score (nSPS) is 10.7. The predicted molar refractivity (Wildman–Crippen MR) is 107 cm³/mol. The number of amides is 1. The van der Waals surface area contributed by atoms with Crippen molar-refractivity contribution in [2.45, 2.75) is 6.92 Å². The monoisotopic (exact) mass is 378 g/mol. The average molecular weight is 378 g/mol. The summed E-state index contributed by atoms with van der Waals surface area (Å²) in [6, 6.07) is 14.2. The molecule has 136 valence electrons. The van der Waals surface area contributed by atoms with Gasteiger partial charge < -0.3 is 9.64 Å². The minimum atomic E-state index is -0.486. The highest BCUT2D eigenvalue weighted by Gasteiger charge is 2.13. The van der Waals surface area contributed by atoms with Crippen LogP contribution in [-0.2, 0) is 4.79 Å². The van der Waals surface area contributed by atoms with E-state index < -0.39 is 5.97 Å². The van der Waals surface area contributed by atoms with Crippen LogP contribution in [0.1, 0.15) is 21.6 Å². The van der Waals surface area contributed by atoms with E-state index in [-0.39, 0.29) is 5.91 Å². The van der Waals surface area contributed by atoms with Crippen molar-refractivity contribution in [3.05, 3.63) is 82.3 Å². The number of aryl methyl sites for hydroxylation is 1. The predicted octanol–water partition coefficient (Wildman–Crippen LogP) is 4.35. The number of aromatic nitrogens is 1. The Hall–Kier alpha value is -3.25. The van der Waals surface area contributed by atoms with Crippen LogP contribution in [0.2, 0.25) is 0 Å². The molecule has 0 aliphatic carbocycles. The van der Waals surface area contributed by atoms with Gasteiger partial charge in [-0.05, 0) is 49.4 Å². The summed E-state index contributed by atoms with van der Waals surface area (Å²) in [5.74, 6) is -0.186. The average Bonchev–Trinajstić information content (AvgIpc) is 3.20. The van der Waals surface area contributed by atoms with E-state index in [1.807, 2.05) is 24.4 Å². The quantitative estimate of drug-likeness (QED) is 0.376. The Morgan fingerprint density at radius 2 is 1.78 bits per heavy atom. The van der Waals surface area contributed by atoms with Gasteiger partial charge in [0.05, 0.1) is 11.2 Å². The van der Waals surface area contributed by atoms with Crippen molar-refractivity contribution in [2.24, 2.45) is 0 Å². The van der Waals surface area contributed by atoms with Crippen LogP contribution < -0.4 is 9.64 Å². The molecular formula is C21H18N2O3S. The van der Waals surface area contributed by atoms with Crippen LogP contribution in [0.4, 0.5) is 5.69 Å². The molecule has 0 atom stereocenters. The first-order chi connectivity index (χ1) is 13.0. The molecule has 1 aromatic heterocycles. The van der Waals surface area contributed by atoms with Gasteiger partial charge in [0.2, 0.25) is 0 Å². The largest absolute Gasteiger partial charge is 0.423 e. The zero-order valence-corrected chi connectivity index (χ0v) is 15.8. The second-order valence-corrected chi connectivity index (χ2v) is 6.61. The maximum Gasteiger partial charge on any atom is 0.336 e. The molecule has 0 spiro atoms. The van der Waals surface area contributed by atoms with Gasteiger partial charge in [0.25, 0.3) is 5.91 Å². The van der Waals surface area contributed by atoms with Crippen molar-refractivity contribution in [3.8, 4) is 5.75 Å². The lowest BCUT2D eigenvalue weighted by Crippen LogP contribution is -2.26. The third-order valence-electron chi connectivity index (χ3n) is 3.89. The highest BCUT2D eigenvalue weighted by Crippen LogP contribution is 2.20. The van der Waals surface area contributed by atoms with E-state index in [2.05, 4.69) is 4.98 Å². The lowest BCUT2D eigenvalue weighted by molar-refractivity contribution is -0.128. The van der Waals surface area contributed by atoms with Crippen molar-refractivity contribution in [3.63, 3.8) is 0 Å². The maximum atomic E-state index is 12.5. The highest BCUT2D eigenvalue weighted by molar-refractivity contribution is 7.07. The fraction of sp³-hybridized carbons (Fsp3) is 0.0952. The molecule has 2 aromatic carbocycles. The van der Waals surface area contributed by atoms with Gasteiger partial charge >= 0.3 is 5.97 Å². The number of nitrogens with zero attached hydrogens (tertiary/aromatic N) is 2. The van der Waals surface area contributed by atoms with Crippen LogP contribution in [0.25, 0.3) is 6.08 Å². The second kappa shape index (κ2) is 8.42. The van der Waals surface area contributed by atoms with Gasteiger partial charge in [-0.3, -0.25) is 4.79 Å². The summed E-state index contributed by atoms with van der Waals surface area (Å²) in [6.07, 6.45) is 2.93. The van der Waals surface area contributed by atoms with E-state index in [0.29, 0.717) is 22.7 Å².